The fourth-order valence-electron chi connectivity index (χ4n) is 3.80. The van der Waals surface area contributed by atoms with Crippen LogP contribution in [0.15, 0.2) is 53.7 Å². The van der Waals surface area contributed by atoms with Gasteiger partial charge in [-0.25, -0.2) is 28.1 Å². The first kappa shape index (κ1) is 27.9. The van der Waals surface area contributed by atoms with Crippen LogP contribution in [0.2, 0.25) is 5.15 Å². The molecule has 1 aromatic carbocycles. The molecule has 0 saturated heterocycles. The molecule has 202 valence electrons. The molecule has 3 heterocycles. The number of pyridine rings is 1. The summed E-state index contributed by atoms with van der Waals surface area (Å²) in [6, 6.07) is 9.76. The van der Waals surface area contributed by atoms with Crippen molar-refractivity contribution in [2.24, 2.45) is 7.05 Å². The highest BCUT2D eigenvalue weighted by atomic mass is 35.5. The molecule has 12 heteroatoms. The lowest BCUT2D eigenvalue weighted by Crippen LogP contribution is -2.19. The Morgan fingerprint density at radius 1 is 1.18 bits per heavy atom. The SMILES string of the molecule is Cc1nn(C)c(OCC[C@H](C)Nc2cc(Cl)ncc2C#Cc2ccc(S(C)(=O)=O)cc2)c1-c1nccc(N)n1. The number of ether oxygens (including phenoxy) is 1. The summed E-state index contributed by atoms with van der Waals surface area (Å²) in [5.41, 5.74) is 9.35. The van der Waals surface area contributed by atoms with E-state index in [1.54, 1.807) is 48.4 Å². The summed E-state index contributed by atoms with van der Waals surface area (Å²) in [7, 11) is -1.46. The van der Waals surface area contributed by atoms with Gasteiger partial charge in [-0.2, -0.15) is 5.10 Å². The quantitative estimate of drug-likeness (QED) is 0.241. The lowest BCUT2D eigenvalue weighted by Gasteiger charge is -2.17. The van der Waals surface area contributed by atoms with Gasteiger partial charge < -0.3 is 15.8 Å². The van der Waals surface area contributed by atoms with Crippen molar-refractivity contribution in [3.8, 4) is 29.1 Å². The zero-order valence-electron chi connectivity index (χ0n) is 21.9. The molecule has 0 unspecified atom stereocenters. The highest BCUT2D eigenvalue weighted by Crippen LogP contribution is 2.31. The number of nitrogen functional groups attached to an aromatic ring is 1. The van der Waals surface area contributed by atoms with Crippen molar-refractivity contribution in [3.63, 3.8) is 0 Å². The van der Waals surface area contributed by atoms with Gasteiger partial charge in [-0.3, -0.25) is 0 Å². The number of aromatic nitrogens is 5. The van der Waals surface area contributed by atoms with Gasteiger partial charge >= 0.3 is 0 Å². The van der Waals surface area contributed by atoms with Crippen molar-refractivity contribution in [2.75, 3.05) is 23.9 Å². The maximum absolute atomic E-state index is 11.7. The van der Waals surface area contributed by atoms with E-state index < -0.39 is 9.84 Å². The molecule has 0 spiro atoms. The van der Waals surface area contributed by atoms with E-state index in [2.05, 4.69) is 37.2 Å². The average molecular weight is 566 g/mol. The summed E-state index contributed by atoms with van der Waals surface area (Å²) in [5, 5.41) is 8.22. The van der Waals surface area contributed by atoms with E-state index in [1.807, 2.05) is 13.8 Å². The molecular formula is C27H28ClN7O3S. The number of nitrogens with two attached hydrogens (primary N) is 1. The Hall–Kier alpha value is -4.14. The third-order valence-electron chi connectivity index (χ3n) is 5.76. The Morgan fingerprint density at radius 2 is 1.92 bits per heavy atom. The molecule has 4 rings (SSSR count). The molecule has 0 radical (unpaired) electrons. The van der Waals surface area contributed by atoms with Crippen LogP contribution in [0.3, 0.4) is 0 Å². The lowest BCUT2D eigenvalue weighted by molar-refractivity contribution is 0.280. The number of nitrogens with zero attached hydrogens (tertiary/aromatic N) is 5. The molecule has 0 aliphatic heterocycles. The summed E-state index contributed by atoms with van der Waals surface area (Å²) >= 11 is 6.16. The number of nitrogens with one attached hydrogen (secondary N) is 1. The number of sulfone groups is 1. The Balaban J connectivity index is 1.44. The molecule has 10 nitrogen and oxygen atoms in total. The molecule has 0 bridgehead atoms. The molecule has 0 aliphatic carbocycles. The molecule has 3 N–H and O–H groups in total. The number of benzene rings is 1. The summed E-state index contributed by atoms with van der Waals surface area (Å²) < 4.78 is 31.1. The highest BCUT2D eigenvalue weighted by molar-refractivity contribution is 7.90. The first-order chi connectivity index (χ1) is 18.5. The number of aryl methyl sites for hydroxylation is 2. The fourth-order valence-corrected chi connectivity index (χ4v) is 4.59. The van der Waals surface area contributed by atoms with E-state index in [0.717, 1.165) is 11.4 Å². The van der Waals surface area contributed by atoms with Crippen LogP contribution < -0.4 is 15.8 Å². The maximum Gasteiger partial charge on any atom is 0.223 e. The Kier molecular flexibility index (Phi) is 8.38. The summed E-state index contributed by atoms with van der Waals surface area (Å²) in [5.74, 6) is 7.53. The summed E-state index contributed by atoms with van der Waals surface area (Å²) in [4.78, 5) is 13.0. The number of hydrogen-bond acceptors (Lipinski definition) is 9. The molecule has 0 amide bonds. The molecule has 1 atom stereocenters. The Bertz CT molecular complexity index is 1660. The predicted octanol–water partition coefficient (Wildman–Crippen LogP) is 3.89. The molecule has 39 heavy (non-hydrogen) atoms. The number of hydrogen-bond donors (Lipinski definition) is 2. The van der Waals surface area contributed by atoms with Gasteiger partial charge in [-0.15, -0.1) is 0 Å². The topological polar surface area (TPSA) is 138 Å². The van der Waals surface area contributed by atoms with Gasteiger partial charge in [-0.1, -0.05) is 23.4 Å². The van der Waals surface area contributed by atoms with Crippen molar-refractivity contribution in [3.05, 3.63) is 70.8 Å². The van der Waals surface area contributed by atoms with Gasteiger partial charge in [0.25, 0.3) is 0 Å². The fraction of sp³-hybridized carbons (Fsp3) is 0.259. The molecule has 3 aromatic heterocycles. The van der Waals surface area contributed by atoms with Crippen molar-refractivity contribution in [1.29, 1.82) is 0 Å². The summed E-state index contributed by atoms with van der Waals surface area (Å²) in [6.45, 7) is 4.29. The van der Waals surface area contributed by atoms with E-state index >= 15 is 0 Å². The largest absolute Gasteiger partial charge is 0.477 e. The number of rotatable bonds is 8. The van der Waals surface area contributed by atoms with E-state index in [1.165, 1.54) is 18.4 Å². The van der Waals surface area contributed by atoms with Gasteiger partial charge in [0.1, 0.15) is 16.5 Å². The average Bonchev–Trinajstić information content (AvgIpc) is 3.15. The van der Waals surface area contributed by atoms with E-state index in [0.29, 0.717) is 52.4 Å². The van der Waals surface area contributed by atoms with E-state index in [4.69, 9.17) is 22.1 Å². The second-order valence-corrected chi connectivity index (χ2v) is 11.4. The minimum atomic E-state index is -3.27. The van der Waals surface area contributed by atoms with E-state index in [-0.39, 0.29) is 10.9 Å². The van der Waals surface area contributed by atoms with Crippen LogP contribution in [0.1, 0.15) is 30.2 Å². The van der Waals surface area contributed by atoms with Crippen molar-refractivity contribution in [2.45, 2.75) is 31.2 Å². The van der Waals surface area contributed by atoms with Crippen LogP contribution in [0.5, 0.6) is 5.88 Å². The number of anilines is 2. The first-order valence-corrected chi connectivity index (χ1v) is 14.3. The summed E-state index contributed by atoms with van der Waals surface area (Å²) in [6.07, 6.45) is 5.02. The molecule has 0 saturated carbocycles. The van der Waals surface area contributed by atoms with Crippen LogP contribution in [-0.4, -0.2) is 52.1 Å². The van der Waals surface area contributed by atoms with Gasteiger partial charge in [0.2, 0.25) is 5.88 Å². The minimum Gasteiger partial charge on any atom is -0.477 e. The first-order valence-electron chi connectivity index (χ1n) is 12.0. The van der Waals surface area contributed by atoms with E-state index in [9.17, 15) is 8.42 Å². The smallest absolute Gasteiger partial charge is 0.223 e. The maximum atomic E-state index is 11.7. The molecule has 4 aromatic rings. The second kappa shape index (κ2) is 11.7. The van der Waals surface area contributed by atoms with Gasteiger partial charge in [0, 0.05) is 43.7 Å². The van der Waals surface area contributed by atoms with Gasteiger partial charge in [0.05, 0.1) is 28.4 Å². The van der Waals surface area contributed by atoms with Crippen LogP contribution in [0, 0.1) is 18.8 Å². The third-order valence-corrected chi connectivity index (χ3v) is 7.09. The van der Waals surface area contributed by atoms with Crippen LogP contribution in [-0.2, 0) is 16.9 Å². The Morgan fingerprint density at radius 3 is 2.62 bits per heavy atom. The molecule has 0 aliphatic rings. The standard InChI is InChI=1S/C27H28ClN7O3S/c1-17(12-14-38-27-25(18(2)34-35(27)3)26-30-13-11-24(29)33-26)32-22-15-23(28)31-16-20(22)8-5-19-6-9-21(10-7-19)39(4,36)37/h6-7,9-11,13,15-17H,12,14H2,1-4H3,(H,31,32)(H2,29,30,33)/t17-/m0/s1. The van der Waals surface area contributed by atoms with Crippen molar-refractivity contribution < 1.29 is 13.2 Å². The lowest BCUT2D eigenvalue weighted by atomic mass is 10.1. The highest BCUT2D eigenvalue weighted by Gasteiger charge is 2.20. The van der Waals surface area contributed by atoms with Gasteiger partial charge in [-0.05, 0) is 50.2 Å². The molecule has 0 fully saturated rings. The zero-order chi connectivity index (χ0) is 28.2. The molecular weight excluding hydrogens is 538 g/mol. The normalized spacial score (nSPS) is 11.9. The van der Waals surface area contributed by atoms with Crippen LogP contribution in [0.25, 0.3) is 11.4 Å². The van der Waals surface area contributed by atoms with Gasteiger partial charge in [0.15, 0.2) is 15.7 Å². The monoisotopic (exact) mass is 565 g/mol. The predicted molar refractivity (Wildman–Crippen MR) is 151 cm³/mol. The van der Waals surface area contributed by atoms with Crippen molar-refractivity contribution >= 4 is 32.9 Å². The van der Waals surface area contributed by atoms with Crippen LogP contribution in [0.4, 0.5) is 11.5 Å². The second-order valence-electron chi connectivity index (χ2n) is 8.98. The van der Waals surface area contributed by atoms with Crippen molar-refractivity contribution in [1.82, 2.24) is 24.7 Å². The third kappa shape index (κ3) is 7.04. The zero-order valence-corrected chi connectivity index (χ0v) is 23.5. The van der Waals surface area contributed by atoms with Crippen LogP contribution >= 0.6 is 11.6 Å². The number of halogens is 1. The minimum absolute atomic E-state index is 0.000504. The Labute approximate surface area is 232 Å².